The molecule has 4 rings (SSSR count). The Balaban J connectivity index is 1.42. The fourth-order valence-corrected chi connectivity index (χ4v) is 5.40. The summed E-state index contributed by atoms with van der Waals surface area (Å²) in [5.74, 6) is 0.640. The molecule has 0 aromatic heterocycles. The van der Waals surface area contributed by atoms with Crippen LogP contribution in [-0.2, 0) is 10.2 Å². The van der Waals surface area contributed by atoms with E-state index < -0.39 is 11.4 Å². The zero-order valence-electron chi connectivity index (χ0n) is 19.5. The second-order valence-corrected chi connectivity index (χ2v) is 9.75. The van der Waals surface area contributed by atoms with Gasteiger partial charge in [0.05, 0.1) is 23.6 Å². The van der Waals surface area contributed by atoms with Crippen molar-refractivity contribution in [1.82, 2.24) is 5.32 Å². The molecular weight excluding hydrogens is 414 g/mol. The van der Waals surface area contributed by atoms with Crippen LogP contribution in [0, 0.1) is 5.92 Å². The Morgan fingerprint density at radius 1 is 0.970 bits per heavy atom. The van der Waals surface area contributed by atoms with E-state index in [2.05, 4.69) is 17.4 Å². The molecule has 0 radical (unpaired) electrons. The van der Waals surface area contributed by atoms with Gasteiger partial charge >= 0.3 is 5.97 Å². The second-order valence-electron chi connectivity index (χ2n) is 9.75. The Morgan fingerprint density at radius 3 is 2.21 bits per heavy atom. The van der Waals surface area contributed by atoms with Gasteiger partial charge in [0.1, 0.15) is 5.75 Å². The summed E-state index contributed by atoms with van der Waals surface area (Å²) in [7, 11) is 0. The number of rotatable bonds is 8. The van der Waals surface area contributed by atoms with Crippen LogP contribution in [0.15, 0.2) is 48.5 Å². The third-order valence-corrected chi connectivity index (χ3v) is 7.51. The highest BCUT2D eigenvalue weighted by Crippen LogP contribution is 2.42. The predicted molar refractivity (Wildman–Crippen MR) is 129 cm³/mol. The number of carboxylic acids is 1. The minimum absolute atomic E-state index is 0.0469. The standard InChI is InChI=1S/C28H35NO4/c1-20(22-9-11-23(12-10-22)26(30)31)29-27(32)28(17-5-6-18-28)24-13-15-25(16-14-24)33-19-21-7-3-2-4-8-21/h9-16,20-21H,2-8,17-19H2,1H3,(H,29,32)(H,30,31)/t20-/m0/s1. The van der Waals surface area contributed by atoms with Gasteiger partial charge in [-0.1, -0.05) is 56.4 Å². The molecule has 2 aliphatic rings. The van der Waals surface area contributed by atoms with Crippen molar-refractivity contribution in [3.8, 4) is 5.75 Å². The first-order valence-corrected chi connectivity index (χ1v) is 12.4. The highest BCUT2D eigenvalue weighted by Gasteiger charge is 2.43. The molecule has 33 heavy (non-hydrogen) atoms. The predicted octanol–water partition coefficient (Wildman–Crippen LogP) is 6.03. The molecule has 2 saturated carbocycles. The van der Waals surface area contributed by atoms with Crippen LogP contribution in [0.2, 0.25) is 0 Å². The van der Waals surface area contributed by atoms with E-state index in [1.54, 1.807) is 24.3 Å². The summed E-state index contributed by atoms with van der Waals surface area (Å²) >= 11 is 0. The van der Waals surface area contributed by atoms with Crippen LogP contribution in [0.25, 0.3) is 0 Å². The topological polar surface area (TPSA) is 75.6 Å². The maximum absolute atomic E-state index is 13.5. The van der Waals surface area contributed by atoms with Crippen molar-refractivity contribution in [1.29, 1.82) is 0 Å². The maximum Gasteiger partial charge on any atom is 0.335 e. The van der Waals surface area contributed by atoms with Crippen LogP contribution in [0.4, 0.5) is 0 Å². The zero-order chi connectivity index (χ0) is 23.3. The zero-order valence-corrected chi connectivity index (χ0v) is 19.5. The van der Waals surface area contributed by atoms with Gasteiger partial charge in [0, 0.05) is 0 Å². The van der Waals surface area contributed by atoms with Crippen LogP contribution >= 0.6 is 0 Å². The lowest BCUT2D eigenvalue weighted by Crippen LogP contribution is -2.43. The van der Waals surface area contributed by atoms with Gasteiger partial charge in [0.15, 0.2) is 0 Å². The number of carbonyl (C=O) groups is 2. The van der Waals surface area contributed by atoms with Gasteiger partial charge in [0.25, 0.3) is 0 Å². The SMILES string of the molecule is C[C@H](NC(=O)C1(c2ccc(OCC3CCCCC3)cc2)CCCC1)c1ccc(C(=O)O)cc1. The fourth-order valence-electron chi connectivity index (χ4n) is 5.40. The maximum atomic E-state index is 13.5. The van der Waals surface area contributed by atoms with Gasteiger partial charge in [0.2, 0.25) is 5.91 Å². The first-order chi connectivity index (χ1) is 16.0. The summed E-state index contributed by atoms with van der Waals surface area (Å²) in [6.07, 6.45) is 10.2. The normalized spacial score (nSPS) is 19.1. The molecule has 0 spiro atoms. The smallest absolute Gasteiger partial charge is 0.335 e. The molecule has 5 nitrogen and oxygen atoms in total. The summed E-state index contributed by atoms with van der Waals surface area (Å²) in [4.78, 5) is 24.6. The molecule has 0 bridgehead atoms. The Morgan fingerprint density at radius 2 is 1.61 bits per heavy atom. The van der Waals surface area contributed by atoms with Crippen LogP contribution in [0.3, 0.4) is 0 Å². The lowest BCUT2D eigenvalue weighted by molar-refractivity contribution is -0.127. The molecule has 0 aliphatic heterocycles. The number of amides is 1. The quantitative estimate of drug-likeness (QED) is 0.516. The number of carboxylic acid groups (broad SMARTS) is 1. The van der Waals surface area contributed by atoms with Gasteiger partial charge in [-0.25, -0.2) is 4.79 Å². The summed E-state index contributed by atoms with van der Waals surface area (Å²) in [6.45, 7) is 2.72. The summed E-state index contributed by atoms with van der Waals surface area (Å²) in [6, 6.07) is 14.7. The second kappa shape index (κ2) is 10.4. The average molecular weight is 450 g/mol. The van der Waals surface area contributed by atoms with Crippen molar-refractivity contribution in [2.75, 3.05) is 6.61 Å². The van der Waals surface area contributed by atoms with E-state index >= 15 is 0 Å². The Bertz CT molecular complexity index is 939. The molecule has 2 aromatic rings. The monoisotopic (exact) mass is 449 g/mol. The largest absolute Gasteiger partial charge is 0.493 e. The summed E-state index contributed by atoms with van der Waals surface area (Å²) < 4.78 is 6.06. The molecule has 0 saturated heterocycles. The van der Waals surface area contributed by atoms with E-state index in [1.165, 1.54) is 32.1 Å². The third kappa shape index (κ3) is 5.40. The van der Waals surface area contributed by atoms with E-state index in [0.717, 1.165) is 49.2 Å². The summed E-state index contributed by atoms with van der Waals surface area (Å²) in [5, 5.41) is 12.3. The van der Waals surface area contributed by atoms with Gasteiger partial charge in [-0.3, -0.25) is 4.79 Å². The van der Waals surface area contributed by atoms with Crippen molar-refractivity contribution >= 4 is 11.9 Å². The number of ether oxygens (including phenoxy) is 1. The Labute approximate surface area is 196 Å². The number of aromatic carboxylic acids is 1. The fraction of sp³-hybridized carbons (Fsp3) is 0.500. The lowest BCUT2D eigenvalue weighted by Gasteiger charge is -2.30. The van der Waals surface area contributed by atoms with Crippen LogP contribution < -0.4 is 10.1 Å². The number of carbonyl (C=O) groups excluding carboxylic acids is 1. The Kier molecular flexibility index (Phi) is 7.36. The van der Waals surface area contributed by atoms with Crippen molar-refractivity contribution in [2.24, 2.45) is 5.92 Å². The highest BCUT2D eigenvalue weighted by molar-refractivity contribution is 5.89. The van der Waals surface area contributed by atoms with Gasteiger partial charge in [-0.05, 0) is 73.9 Å². The molecule has 2 fully saturated rings. The van der Waals surface area contributed by atoms with E-state index in [1.807, 2.05) is 19.1 Å². The number of nitrogens with one attached hydrogen (secondary N) is 1. The molecule has 1 amide bonds. The van der Waals surface area contributed by atoms with Crippen LogP contribution in [0.5, 0.6) is 5.75 Å². The minimum atomic E-state index is -0.950. The number of benzene rings is 2. The molecule has 5 heteroatoms. The van der Waals surface area contributed by atoms with Crippen molar-refractivity contribution in [2.45, 2.75) is 76.2 Å². The number of hydrogen-bond acceptors (Lipinski definition) is 3. The molecule has 176 valence electrons. The van der Waals surface area contributed by atoms with E-state index in [-0.39, 0.29) is 17.5 Å². The van der Waals surface area contributed by atoms with Crippen molar-refractivity contribution < 1.29 is 19.4 Å². The van der Waals surface area contributed by atoms with Crippen molar-refractivity contribution in [3.05, 3.63) is 65.2 Å². The van der Waals surface area contributed by atoms with Gasteiger partial charge in [-0.15, -0.1) is 0 Å². The van der Waals surface area contributed by atoms with Crippen LogP contribution in [0.1, 0.15) is 92.2 Å². The molecule has 2 aromatic carbocycles. The van der Waals surface area contributed by atoms with E-state index in [4.69, 9.17) is 9.84 Å². The molecule has 2 aliphatic carbocycles. The lowest BCUT2D eigenvalue weighted by atomic mass is 9.77. The number of hydrogen-bond donors (Lipinski definition) is 2. The Hall–Kier alpha value is -2.82. The van der Waals surface area contributed by atoms with E-state index in [0.29, 0.717) is 5.92 Å². The molecule has 2 N–H and O–H groups in total. The summed E-state index contributed by atoms with van der Waals surface area (Å²) in [5.41, 5.74) is 1.68. The molecule has 1 atom stereocenters. The third-order valence-electron chi connectivity index (χ3n) is 7.51. The van der Waals surface area contributed by atoms with Gasteiger partial charge < -0.3 is 15.2 Å². The molecular formula is C28H35NO4. The molecule has 0 heterocycles. The van der Waals surface area contributed by atoms with Crippen LogP contribution in [-0.4, -0.2) is 23.6 Å². The van der Waals surface area contributed by atoms with Crippen molar-refractivity contribution in [3.63, 3.8) is 0 Å². The average Bonchev–Trinajstić information content (AvgIpc) is 3.35. The highest BCUT2D eigenvalue weighted by atomic mass is 16.5. The molecule has 0 unspecified atom stereocenters. The van der Waals surface area contributed by atoms with Gasteiger partial charge in [-0.2, -0.15) is 0 Å². The first kappa shape index (κ1) is 23.3. The minimum Gasteiger partial charge on any atom is -0.493 e. The van der Waals surface area contributed by atoms with E-state index in [9.17, 15) is 9.59 Å². The first-order valence-electron chi connectivity index (χ1n) is 12.4.